The van der Waals surface area contributed by atoms with Gasteiger partial charge < -0.3 is 4.90 Å². The molecule has 0 aliphatic carbocycles. The van der Waals surface area contributed by atoms with E-state index in [2.05, 4.69) is 4.98 Å². The summed E-state index contributed by atoms with van der Waals surface area (Å²) < 4.78 is 23.1. The molecule has 0 amide bonds. The minimum atomic E-state index is -2.91. The second-order valence-corrected chi connectivity index (χ2v) is 7.20. The molecular weight excluding hydrogens is 295 g/mol. The third-order valence-electron chi connectivity index (χ3n) is 2.91. The highest BCUT2D eigenvalue weighted by Crippen LogP contribution is 2.21. The molecule has 0 saturated carbocycles. The molecule has 0 unspecified atom stereocenters. The van der Waals surface area contributed by atoms with Crippen molar-refractivity contribution in [3.05, 3.63) is 22.8 Å². The van der Waals surface area contributed by atoms with Gasteiger partial charge in [0.05, 0.1) is 28.1 Å². The van der Waals surface area contributed by atoms with E-state index in [0.717, 1.165) is 5.82 Å². The normalized spacial score (nSPS) is 19.6. The Labute approximate surface area is 117 Å². The minimum absolute atomic E-state index is 0.174. The van der Waals surface area contributed by atoms with Crippen LogP contribution in [0.25, 0.3) is 0 Å². The Hall–Kier alpha value is -0.520. The molecule has 0 N–H and O–H groups in total. The summed E-state index contributed by atoms with van der Waals surface area (Å²) in [5.74, 6) is 1.42. The lowest BCUT2D eigenvalue weighted by molar-refractivity contribution is 0.597. The average Bonchev–Trinajstić information content (AvgIpc) is 2.51. The second-order valence-electron chi connectivity index (χ2n) is 4.22. The van der Waals surface area contributed by atoms with E-state index in [1.54, 1.807) is 12.1 Å². The summed E-state index contributed by atoms with van der Waals surface area (Å²) >= 11 is 11.7. The molecule has 1 saturated heterocycles. The molecule has 0 radical (unpaired) electrons. The number of alkyl halides is 1. The lowest BCUT2D eigenvalue weighted by atomic mass is 10.3. The molecule has 100 valence electrons. The first kappa shape index (κ1) is 13.9. The number of nitrogens with zero attached hydrogens (tertiary/aromatic N) is 2. The average molecular weight is 309 g/mol. The Kier molecular flexibility index (Phi) is 4.35. The summed E-state index contributed by atoms with van der Waals surface area (Å²) in [5.41, 5.74) is 0.628. The van der Waals surface area contributed by atoms with E-state index in [1.807, 2.05) is 4.90 Å². The fraction of sp³-hybridized carbons (Fsp3) is 0.545. The third-order valence-corrected chi connectivity index (χ3v) is 5.22. The molecule has 2 rings (SSSR count). The molecule has 1 aromatic heterocycles. The Morgan fingerprint density at radius 3 is 2.78 bits per heavy atom. The van der Waals surface area contributed by atoms with Crippen LogP contribution in [0.1, 0.15) is 12.1 Å². The van der Waals surface area contributed by atoms with Crippen LogP contribution in [0.3, 0.4) is 0 Å². The molecule has 1 aliphatic rings. The van der Waals surface area contributed by atoms with Gasteiger partial charge in [-0.25, -0.2) is 13.4 Å². The van der Waals surface area contributed by atoms with E-state index in [1.165, 1.54) is 0 Å². The van der Waals surface area contributed by atoms with Gasteiger partial charge in [-0.05, 0) is 18.6 Å². The number of anilines is 1. The molecule has 0 spiro atoms. The van der Waals surface area contributed by atoms with Crippen molar-refractivity contribution >= 4 is 38.9 Å². The minimum Gasteiger partial charge on any atom is -0.356 e. The monoisotopic (exact) mass is 308 g/mol. The first-order chi connectivity index (χ1) is 8.52. The maximum Gasteiger partial charge on any atom is 0.152 e. The van der Waals surface area contributed by atoms with Gasteiger partial charge in [-0.15, -0.1) is 11.6 Å². The summed E-state index contributed by atoms with van der Waals surface area (Å²) in [6, 6.07) is 3.55. The van der Waals surface area contributed by atoms with Crippen molar-refractivity contribution in [3.63, 3.8) is 0 Å². The quantitative estimate of drug-likeness (QED) is 0.785. The highest BCUT2D eigenvalue weighted by atomic mass is 35.5. The van der Waals surface area contributed by atoms with Crippen LogP contribution in [-0.2, 0) is 15.7 Å². The predicted octanol–water partition coefficient (Wildman–Crippen LogP) is 2.10. The lowest BCUT2D eigenvalue weighted by Gasteiger charge is -2.21. The number of pyridine rings is 1. The van der Waals surface area contributed by atoms with Gasteiger partial charge in [0.15, 0.2) is 9.84 Å². The van der Waals surface area contributed by atoms with Crippen molar-refractivity contribution < 1.29 is 8.42 Å². The zero-order valence-electron chi connectivity index (χ0n) is 9.77. The molecular formula is C11H14Cl2N2O2S. The Balaban J connectivity index is 2.21. The van der Waals surface area contributed by atoms with Gasteiger partial charge in [-0.1, -0.05) is 11.6 Å². The highest BCUT2D eigenvalue weighted by Gasteiger charge is 2.20. The van der Waals surface area contributed by atoms with Crippen LogP contribution >= 0.6 is 23.2 Å². The Morgan fingerprint density at radius 2 is 2.06 bits per heavy atom. The largest absolute Gasteiger partial charge is 0.356 e. The van der Waals surface area contributed by atoms with Crippen LogP contribution in [0.2, 0.25) is 5.02 Å². The number of sulfone groups is 1. The van der Waals surface area contributed by atoms with E-state index in [-0.39, 0.29) is 17.4 Å². The third kappa shape index (κ3) is 3.28. The van der Waals surface area contributed by atoms with Crippen LogP contribution < -0.4 is 4.90 Å². The maximum absolute atomic E-state index is 11.5. The fourth-order valence-corrected chi connectivity index (χ4v) is 3.63. The van der Waals surface area contributed by atoms with Crippen LogP contribution in [0.4, 0.5) is 5.82 Å². The number of halogens is 2. The van der Waals surface area contributed by atoms with E-state index >= 15 is 0 Å². The molecule has 0 atom stereocenters. The molecule has 2 heterocycles. The van der Waals surface area contributed by atoms with Gasteiger partial charge in [-0.3, -0.25) is 0 Å². The zero-order valence-corrected chi connectivity index (χ0v) is 12.1. The van der Waals surface area contributed by atoms with Gasteiger partial charge in [0.25, 0.3) is 0 Å². The number of hydrogen-bond donors (Lipinski definition) is 0. The van der Waals surface area contributed by atoms with Crippen molar-refractivity contribution in [2.24, 2.45) is 0 Å². The molecule has 18 heavy (non-hydrogen) atoms. The van der Waals surface area contributed by atoms with Crippen LogP contribution in [0, 0.1) is 0 Å². The van der Waals surface area contributed by atoms with Crippen molar-refractivity contribution in [1.29, 1.82) is 0 Å². The van der Waals surface area contributed by atoms with E-state index in [0.29, 0.717) is 30.2 Å². The van der Waals surface area contributed by atoms with Crippen LogP contribution in [0.5, 0.6) is 0 Å². The zero-order chi connectivity index (χ0) is 13.2. The summed E-state index contributed by atoms with van der Waals surface area (Å²) in [7, 11) is -2.91. The second kappa shape index (κ2) is 5.63. The van der Waals surface area contributed by atoms with Gasteiger partial charge in [0, 0.05) is 13.1 Å². The van der Waals surface area contributed by atoms with Gasteiger partial charge in [0.2, 0.25) is 0 Å². The topological polar surface area (TPSA) is 50.3 Å². The predicted molar refractivity (Wildman–Crippen MR) is 74.3 cm³/mol. The van der Waals surface area contributed by atoms with Crippen molar-refractivity contribution in [3.8, 4) is 0 Å². The molecule has 7 heteroatoms. The summed E-state index contributed by atoms with van der Waals surface area (Å²) in [6.07, 6.45) is 0.628. The van der Waals surface area contributed by atoms with E-state index in [4.69, 9.17) is 23.2 Å². The van der Waals surface area contributed by atoms with Gasteiger partial charge in [-0.2, -0.15) is 0 Å². The molecule has 0 aromatic carbocycles. The highest BCUT2D eigenvalue weighted by molar-refractivity contribution is 7.91. The molecule has 1 fully saturated rings. The SMILES string of the molecule is O=S1(=O)CCCN(c2ccc(Cl)c(CCl)n2)CC1. The number of hydrogen-bond acceptors (Lipinski definition) is 4. The van der Waals surface area contributed by atoms with Gasteiger partial charge in [0.1, 0.15) is 5.82 Å². The lowest BCUT2D eigenvalue weighted by Crippen LogP contribution is -2.27. The number of rotatable bonds is 2. The molecule has 1 aliphatic heterocycles. The Morgan fingerprint density at radius 1 is 1.28 bits per heavy atom. The summed E-state index contributed by atoms with van der Waals surface area (Å²) in [6.45, 7) is 1.16. The maximum atomic E-state index is 11.5. The van der Waals surface area contributed by atoms with E-state index in [9.17, 15) is 8.42 Å². The van der Waals surface area contributed by atoms with Crippen molar-refractivity contribution in [2.45, 2.75) is 12.3 Å². The van der Waals surface area contributed by atoms with E-state index < -0.39 is 9.84 Å². The Bertz CT molecular complexity index is 534. The summed E-state index contributed by atoms with van der Waals surface area (Å²) in [4.78, 5) is 6.34. The molecule has 1 aromatic rings. The van der Waals surface area contributed by atoms with Crippen molar-refractivity contribution in [2.75, 3.05) is 29.5 Å². The first-order valence-electron chi connectivity index (χ1n) is 5.68. The smallest absolute Gasteiger partial charge is 0.152 e. The number of aromatic nitrogens is 1. The van der Waals surface area contributed by atoms with Crippen LogP contribution in [0.15, 0.2) is 12.1 Å². The molecule has 0 bridgehead atoms. The summed E-state index contributed by atoms with van der Waals surface area (Å²) in [5, 5.41) is 0.538. The van der Waals surface area contributed by atoms with Gasteiger partial charge >= 0.3 is 0 Å². The van der Waals surface area contributed by atoms with Crippen LogP contribution in [-0.4, -0.2) is 38.0 Å². The first-order valence-corrected chi connectivity index (χ1v) is 8.42. The van der Waals surface area contributed by atoms with Crippen molar-refractivity contribution in [1.82, 2.24) is 4.98 Å². The molecule has 4 nitrogen and oxygen atoms in total. The fourth-order valence-electron chi connectivity index (χ4n) is 1.91. The standard InChI is InChI=1S/C11H14Cl2N2O2S/c12-8-10-9(13)2-3-11(14-10)15-4-1-6-18(16,17)7-5-15/h2-3H,1,4-8H2.